The lowest BCUT2D eigenvalue weighted by Gasteiger charge is -2.06. The Morgan fingerprint density at radius 2 is 1.80 bits per heavy atom. The molecule has 2 aromatic carbocycles. The molecule has 0 unspecified atom stereocenters. The number of nitriles is 1. The van der Waals surface area contributed by atoms with E-state index in [1.54, 1.807) is 12.1 Å². The average Bonchev–Trinajstić information content (AvgIpc) is 2.41. The molecule has 0 aliphatic heterocycles. The van der Waals surface area contributed by atoms with Crippen LogP contribution in [0.15, 0.2) is 51.8 Å². The molecule has 2 aromatic rings. The molecule has 0 N–H and O–H groups in total. The molecule has 0 heterocycles. The molecule has 0 aromatic heterocycles. The van der Waals surface area contributed by atoms with Gasteiger partial charge in [0.1, 0.15) is 5.82 Å². The van der Waals surface area contributed by atoms with Gasteiger partial charge in [0.15, 0.2) is 9.84 Å². The van der Waals surface area contributed by atoms with Gasteiger partial charge in [-0.05, 0) is 42.5 Å². The number of hydrogen-bond acceptors (Lipinski definition) is 3. The molecule has 0 spiro atoms. The fourth-order valence-electron chi connectivity index (χ4n) is 1.68. The van der Waals surface area contributed by atoms with Gasteiger partial charge in [-0.3, -0.25) is 0 Å². The Balaban J connectivity index is 2.38. The molecular weight excluding hydrogens is 345 g/mol. The van der Waals surface area contributed by atoms with Gasteiger partial charge >= 0.3 is 0 Å². The Morgan fingerprint density at radius 1 is 1.15 bits per heavy atom. The number of benzene rings is 2. The Bertz CT molecular complexity index is 780. The van der Waals surface area contributed by atoms with E-state index < -0.39 is 21.4 Å². The summed E-state index contributed by atoms with van der Waals surface area (Å²) in [5.41, 5.74) is 0.222. The molecule has 0 amide bonds. The second-order valence-corrected chi connectivity index (χ2v) is 7.04. The lowest BCUT2D eigenvalue weighted by atomic mass is 10.1. The third-order valence-electron chi connectivity index (χ3n) is 2.69. The van der Waals surface area contributed by atoms with Gasteiger partial charge in [0.05, 0.1) is 22.3 Å². The van der Waals surface area contributed by atoms with Gasteiger partial charge in [-0.2, -0.15) is 5.26 Å². The van der Waals surface area contributed by atoms with Crippen molar-refractivity contribution in [3.05, 3.63) is 63.9 Å². The van der Waals surface area contributed by atoms with Crippen molar-refractivity contribution in [1.29, 1.82) is 5.26 Å². The molecule has 0 aliphatic carbocycles. The Kier molecular flexibility index (Phi) is 4.21. The van der Waals surface area contributed by atoms with E-state index in [-0.39, 0.29) is 16.0 Å². The highest BCUT2D eigenvalue weighted by atomic mass is 79.9. The van der Waals surface area contributed by atoms with Gasteiger partial charge in [0.25, 0.3) is 0 Å². The van der Waals surface area contributed by atoms with E-state index in [9.17, 15) is 12.8 Å². The van der Waals surface area contributed by atoms with Crippen LogP contribution in [0, 0.1) is 17.1 Å². The summed E-state index contributed by atoms with van der Waals surface area (Å²) in [6, 6.07) is 11.6. The number of hydrogen-bond donors (Lipinski definition) is 0. The normalized spacial score (nSPS) is 11.1. The molecule has 102 valence electrons. The van der Waals surface area contributed by atoms with Crippen LogP contribution >= 0.6 is 15.9 Å². The maximum atomic E-state index is 13.6. The second kappa shape index (κ2) is 5.73. The van der Waals surface area contributed by atoms with Crippen LogP contribution in [0.25, 0.3) is 0 Å². The first-order valence-corrected chi connectivity index (χ1v) is 8.04. The monoisotopic (exact) mass is 353 g/mol. The summed E-state index contributed by atoms with van der Waals surface area (Å²) in [5, 5.41) is 8.77. The Hall–Kier alpha value is -1.71. The zero-order valence-electron chi connectivity index (χ0n) is 10.2. The van der Waals surface area contributed by atoms with Crippen molar-refractivity contribution in [3.63, 3.8) is 0 Å². The molecule has 0 fully saturated rings. The molecule has 3 nitrogen and oxygen atoms in total. The third-order valence-corrected chi connectivity index (χ3v) is 4.90. The van der Waals surface area contributed by atoms with E-state index in [0.29, 0.717) is 0 Å². The van der Waals surface area contributed by atoms with Crippen LogP contribution in [0.4, 0.5) is 4.39 Å². The van der Waals surface area contributed by atoms with Crippen molar-refractivity contribution >= 4 is 25.8 Å². The van der Waals surface area contributed by atoms with E-state index in [2.05, 4.69) is 15.9 Å². The lowest BCUT2D eigenvalue weighted by molar-refractivity contribution is 0.587. The molecule has 0 atom stereocenters. The fourth-order valence-corrected chi connectivity index (χ4v) is 3.30. The van der Waals surface area contributed by atoms with E-state index >= 15 is 0 Å². The smallest absolute Gasteiger partial charge is 0.182 e. The van der Waals surface area contributed by atoms with Crippen molar-refractivity contribution in [2.75, 3.05) is 0 Å². The average molecular weight is 354 g/mol. The highest BCUT2D eigenvalue weighted by Gasteiger charge is 2.18. The number of sulfone groups is 1. The first-order valence-electron chi connectivity index (χ1n) is 5.59. The Labute approximate surface area is 124 Å². The third kappa shape index (κ3) is 3.24. The van der Waals surface area contributed by atoms with Crippen LogP contribution in [0.2, 0.25) is 0 Å². The zero-order chi connectivity index (χ0) is 14.8. The topological polar surface area (TPSA) is 57.9 Å². The van der Waals surface area contributed by atoms with Gasteiger partial charge in [0, 0.05) is 10.0 Å². The minimum Gasteiger partial charge on any atom is -0.223 e. The SMILES string of the molecule is N#Cc1ccc(F)c(CS(=O)(=O)c2ccc(Br)cc2)c1. The van der Waals surface area contributed by atoms with Crippen LogP contribution < -0.4 is 0 Å². The summed E-state index contributed by atoms with van der Waals surface area (Å²) in [4.78, 5) is 0.113. The quantitative estimate of drug-likeness (QED) is 0.849. The number of nitrogens with zero attached hydrogens (tertiary/aromatic N) is 1. The summed E-state index contributed by atoms with van der Waals surface area (Å²) >= 11 is 3.22. The van der Waals surface area contributed by atoms with Crippen LogP contribution in [-0.4, -0.2) is 8.42 Å². The van der Waals surface area contributed by atoms with Crippen molar-refractivity contribution < 1.29 is 12.8 Å². The van der Waals surface area contributed by atoms with E-state index in [1.807, 2.05) is 6.07 Å². The van der Waals surface area contributed by atoms with Crippen molar-refractivity contribution in [2.45, 2.75) is 10.6 Å². The fraction of sp³-hybridized carbons (Fsp3) is 0.0714. The molecular formula is C14H9BrFNO2S. The maximum absolute atomic E-state index is 13.6. The molecule has 0 radical (unpaired) electrons. The lowest BCUT2D eigenvalue weighted by Crippen LogP contribution is -2.06. The van der Waals surface area contributed by atoms with Crippen molar-refractivity contribution in [1.82, 2.24) is 0 Å². The molecule has 0 aliphatic rings. The molecule has 2 rings (SSSR count). The maximum Gasteiger partial charge on any atom is 0.182 e. The standard InChI is InChI=1S/C14H9BrFNO2S/c15-12-2-4-13(5-3-12)20(18,19)9-11-7-10(8-17)1-6-14(11)16/h1-7H,9H2. The summed E-state index contributed by atoms with van der Waals surface area (Å²) < 4.78 is 38.8. The highest BCUT2D eigenvalue weighted by molar-refractivity contribution is 9.10. The van der Waals surface area contributed by atoms with Crippen LogP contribution in [0.3, 0.4) is 0 Å². The summed E-state index contributed by atoms with van der Waals surface area (Å²) in [6.07, 6.45) is 0. The van der Waals surface area contributed by atoms with Gasteiger partial charge < -0.3 is 0 Å². The predicted molar refractivity (Wildman–Crippen MR) is 76.1 cm³/mol. The molecule has 20 heavy (non-hydrogen) atoms. The molecule has 0 bridgehead atoms. The van der Waals surface area contributed by atoms with Crippen LogP contribution in [0.1, 0.15) is 11.1 Å². The highest BCUT2D eigenvalue weighted by Crippen LogP contribution is 2.21. The first kappa shape index (κ1) is 14.7. The molecule has 0 saturated heterocycles. The summed E-state index contributed by atoms with van der Waals surface area (Å²) in [6.45, 7) is 0. The molecule has 0 saturated carbocycles. The predicted octanol–water partition coefficient (Wildman–Crippen LogP) is 3.43. The van der Waals surface area contributed by atoms with Crippen molar-refractivity contribution in [2.24, 2.45) is 0 Å². The second-order valence-electron chi connectivity index (χ2n) is 4.13. The first-order chi connectivity index (χ1) is 9.42. The van der Waals surface area contributed by atoms with Gasteiger partial charge in [0.2, 0.25) is 0 Å². The van der Waals surface area contributed by atoms with Crippen molar-refractivity contribution in [3.8, 4) is 6.07 Å². The van der Waals surface area contributed by atoms with Crippen LogP contribution in [-0.2, 0) is 15.6 Å². The van der Waals surface area contributed by atoms with E-state index in [4.69, 9.17) is 5.26 Å². The number of halogens is 2. The van der Waals surface area contributed by atoms with Crippen LogP contribution in [0.5, 0.6) is 0 Å². The largest absolute Gasteiger partial charge is 0.223 e. The minimum absolute atomic E-state index is 0.00744. The minimum atomic E-state index is -3.65. The number of rotatable bonds is 3. The van der Waals surface area contributed by atoms with Gasteiger partial charge in [-0.15, -0.1) is 0 Å². The summed E-state index contributed by atoms with van der Waals surface area (Å²) in [7, 11) is -3.65. The van der Waals surface area contributed by atoms with Gasteiger partial charge in [-0.1, -0.05) is 15.9 Å². The van der Waals surface area contributed by atoms with E-state index in [1.165, 1.54) is 24.3 Å². The van der Waals surface area contributed by atoms with E-state index in [0.717, 1.165) is 10.5 Å². The van der Waals surface area contributed by atoms with Gasteiger partial charge in [-0.25, -0.2) is 12.8 Å². The Morgan fingerprint density at radius 3 is 2.40 bits per heavy atom. The zero-order valence-corrected chi connectivity index (χ0v) is 12.6. The summed E-state index contributed by atoms with van der Waals surface area (Å²) in [5.74, 6) is -1.11. The molecule has 6 heteroatoms.